The lowest BCUT2D eigenvalue weighted by Crippen LogP contribution is -2.32. The standard InChI is InChI=1S/C17H20N2O2/c1-3-13-4-6-14(7-5-13)11-19(15-8-9-15)17(20)16-10-12(2)18-21-16/h4-7,10,15H,3,8-9,11H2,1-2H3. The first-order chi connectivity index (χ1) is 10.2. The molecular weight excluding hydrogens is 264 g/mol. The molecule has 4 heteroatoms. The number of rotatable bonds is 5. The molecule has 1 aromatic carbocycles. The second kappa shape index (κ2) is 5.72. The zero-order chi connectivity index (χ0) is 14.8. The molecule has 1 aromatic heterocycles. The molecule has 0 atom stereocenters. The summed E-state index contributed by atoms with van der Waals surface area (Å²) in [6.07, 6.45) is 3.18. The molecule has 0 unspecified atom stereocenters. The minimum Gasteiger partial charge on any atom is -0.351 e. The lowest BCUT2D eigenvalue weighted by molar-refractivity contribution is 0.0687. The van der Waals surface area contributed by atoms with E-state index in [1.165, 1.54) is 5.56 Å². The van der Waals surface area contributed by atoms with Crippen molar-refractivity contribution in [3.8, 4) is 0 Å². The summed E-state index contributed by atoms with van der Waals surface area (Å²) in [6.45, 7) is 4.60. The van der Waals surface area contributed by atoms with Crippen LogP contribution >= 0.6 is 0 Å². The van der Waals surface area contributed by atoms with E-state index in [-0.39, 0.29) is 5.91 Å². The highest BCUT2D eigenvalue weighted by atomic mass is 16.5. The van der Waals surface area contributed by atoms with Crippen molar-refractivity contribution >= 4 is 5.91 Å². The van der Waals surface area contributed by atoms with Crippen molar-refractivity contribution in [1.29, 1.82) is 0 Å². The number of carbonyl (C=O) groups excluding carboxylic acids is 1. The molecule has 1 aliphatic carbocycles. The molecule has 1 heterocycles. The predicted molar refractivity (Wildman–Crippen MR) is 80.0 cm³/mol. The van der Waals surface area contributed by atoms with Crippen LogP contribution < -0.4 is 0 Å². The Hall–Kier alpha value is -2.10. The largest absolute Gasteiger partial charge is 0.351 e. The third-order valence-electron chi connectivity index (χ3n) is 3.87. The van der Waals surface area contributed by atoms with Crippen molar-refractivity contribution in [3.05, 3.63) is 52.9 Å². The van der Waals surface area contributed by atoms with Gasteiger partial charge in [0.25, 0.3) is 5.91 Å². The van der Waals surface area contributed by atoms with E-state index in [4.69, 9.17) is 4.52 Å². The van der Waals surface area contributed by atoms with Gasteiger partial charge >= 0.3 is 0 Å². The van der Waals surface area contributed by atoms with Crippen molar-refractivity contribution in [2.24, 2.45) is 0 Å². The second-order valence-corrected chi connectivity index (χ2v) is 5.67. The average Bonchev–Trinajstić information content (AvgIpc) is 3.26. The molecule has 2 aromatic rings. The summed E-state index contributed by atoms with van der Waals surface area (Å²) >= 11 is 0. The number of carbonyl (C=O) groups is 1. The van der Waals surface area contributed by atoms with Crippen LogP contribution in [0.1, 0.15) is 47.1 Å². The Morgan fingerprint density at radius 3 is 2.48 bits per heavy atom. The highest BCUT2D eigenvalue weighted by Gasteiger charge is 2.34. The minimum atomic E-state index is -0.0577. The van der Waals surface area contributed by atoms with E-state index in [1.54, 1.807) is 6.07 Å². The third-order valence-corrected chi connectivity index (χ3v) is 3.87. The van der Waals surface area contributed by atoms with Gasteiger partial charge in [0.05, 0.1) is 5.69 Å². The molecule has 110 valence electrons. The molecule has 0 saturated heterocycles. The van der Waals surface area contributed by atoms with Crippen LogP contribution in [0.25, 0.3) is 0 Å². The van der Waals surface area contributed by atoms with E-state index in [0.717, 1.165) is 30.5 Å². The molecule has 0 spiro atoms. The smallest absolute Gasteiger partial charge is 0.293 e. The molecule has 21 heavy (non-hydrogen) atoms. The Labute approximate surface area is 124 Å². The molecule has 4 nitrogen and oxygen atoms in total. The first-order valence-corrected chi connectivity index (χ1v) is 7.49. The summed E-state index contributed by atoms with van der Waals surface area (Å²) < 4.78 is 5.12. The van der Waals surface area contributed by atoms with Crippen molar-refractivity contribution in [2.75, 3.05) is 0 Å². The topological polar surface area (TPSA) is 46.3 Å². The predicted octanol–water partition coefficient (Wildman–Crippen LogP) is 3.35. The number of benzene rings is 1. The highest BCUT2D eigenvalue weighted by molar-refractivity contribution is 5.91. The van der Waals surface area contributed by atoms with Gasteiger partial charge in [-0.3, -0.25) is 4.79 Å². The van der Waals surface area contributed by atoms with Crippen LogP contribution in [0.5, 0.6) is 0 Å². The average molecular weight is 284 g/mol. The number of aryl methyl sites for hydroxylation is 2. The summed E-state index contributed by atoms with van der Waals surface area (Å²) in [5, 5.41) is 3.81. The number of hydrogen-bond acceptors (Lipinski definition) is 3. The van der Waals surface area contributed by atoms with Crippen LogP contribution in [-0.2, 0) is 13.0 Å². The van der Waals surface area contributed by atoms with E-state index < -0.39 is 0 Å². The highest BCUT2D eigenvalue weighted by Crippen LogP contribution is 2.30. The fourth-order valence-corrected chi connectivity index (χ4v) is 2.44. The van der Waals surface area contributed by atoms with Gasteiger partial charge in [-0.15, -0.1) is 0 Å². The molecule has 1 fully saturated rings. The van der Waals surface area contributed by atoms with Gasteiger partial charge in [-0.25, -0.2) is 0 Å². The zero-order valence-electron chi connectivity index (χ0n) is 12.5. The van der Waals surface area contributed by atoms with E-state index in [0.29, 0.717) is 18.3 Å². The van der Waals surface area contributed by atoms with E-state index in [2.05, 4.69) is 36.3 Å². The van der Waals surface area contributed by atoms with Crippen molar-refractivity contribution in [3.63, 3.8) is 0 Å². The lowest BCUT2D eigenvalue weighted by atomic mass is 10.1. The Morgan fingerprint density at radius 2 is 1.95 bits per heavy atom. The Morgan fingerprint density at radius 1 is 1.29 bits per heavy atom. The Bertz CT molecular complexity index is 626. The van der Waals surface area contributed by atoms with E-state index in [1.807, 2.05) is 11.8 Å². The fraction of sp³-hybridized carbons (Fsp3) is 0.412. The van der Waals surface area contributed by atoms with Gasteiger partial charge in [0.2, 0.25) is 5.76 Å². The molecule has 1 saturated carbocycles. The van der Waals surface area contributed by atoms with Crippen LogP contribution in [0.4, 0.5) is 0 Å². The molecule has 1 amide bonds. The van der Waals surface area contributed by atoms with Crippen LogP contribution in [0.2, 0.25) is 0 Å². The van der Waals surface area contributed by atoms with E-state index in [9.17, 15) is 4.79 Å². The number of hydrogen-bond donors (Lipinski definition) is 0. The molecule has 1 aliphatic rings. The first-order valence-electron chi connectivity index (χ1n) is 7.49. The quantitative estimate of drug-likeness (QED) is 0.846. The van der Waals surface area contributed by atoms with Gasteiger partial charge in [0.1, 0.15) is 0 Å². The fourth-order valence-electron chi connectivity index (χ4n) is 2.44. The third kappa shape index (κ3) is 3.15. The maximum atomic E-state index is 12.6. The van der Waals surface area contributed by atoms with Crippen LogP contribution in [0, 0.1) is 6.92 Å². The van der Waals surface area contributed by atoms with Gasteiger partial charge in [0, 0.05) is 18.7 Å². The maximum Gasteiger partial charge on any atom is 0.293 e. The minimum absolute atomic E-state index is 0.0577. The van der Waals surface area contributed by atoms with Gasteiger partial charge in [0.15, 0.2) is 0 Å². The Balaban J connectivity index is 1.76. The molecular formula is C17H20N2O2. The summed E-state index contributed by atoms with van der Waals surface area (Å²) in [6, 6.07) is 10.5. The SMILES string of the molecule is CCc1ccc(CN(C(=O)c2cc(C)no2)C2CC2)cc1. The normalized spacial score (nSPS) is 14.2. The van der Waals surface area contributed by atoms with Crippen LogP contribution in [-0.4, -0.2) is 22.0 Å². The molecule has 3 rings (SSSR count). The molecule has 0 N–H and O–H groups in total. The van der Waals surface area contributed by atoms with E-state index >= 15 is 0 Å². The van der Waals surface area contributed by atoms with Crippen LogP contribution in [0.15, 0.2) is 34.9 Å². The first kappa shape index (κ1) is 13.9. The maximum absolute atomic E-state index is 12.6. The van der Waals surface area contributed by atoms with Gasteiger partial charge < -0.3 is 9.42 Å². The molecule has 0 radical (unpaired) electrons. The molecule has 0 aliphatic heterocycles. The lowest BCUT2D eigenvalue weighted by Gasteiger charge is -2.21. The zero-order valence-corrected chi connectivity index (χ0v) is 12.5. The summed E-state index contributed by atoms with van der Waals surface area (Å²) in [4.78, 5) is 14.5. The van der Waals surface area contributed by atoms with Crippen molar-refractivity contribution < 1.29 is 9.32 Å². The number of aromatic nitrogens is 1. The van der Waals surface area contributed by atoms with Gasteiger partial charge in [-0.1, -0.05) is 36.3 Å². The number of nitrogens with zero attached hydrogens (tertiary/aromatic N) is 2. The summed E-state index contributed by atoms with van der Waals surface area (Å²) in [7, 11) is 0. The van der Waals surface area contributed by atoms with Crippen LogP contribution in [0.3, 0.4) is 0 Å². The summed E-state index contributed by atoms with van der Waals surface area (Å²) in [5.74, 6) is 0.280. The monoisotopic (exact) mass is 284 g/mol. The van der Waals surface area contributed by atoms with Gasteiger partial charge in [-0.05, 0) is 37.3 Å². The van der Waals surface area contributed by atoms with Crippen molar-refractivity contribution in [2.45, 2.75) is 45.7 Å². The second-order valence-electron chi connectivity index (χ2n) is 5.67. The van der Waals surface area contributed by atoms with Crippen molar-refractivity contribution in [1.82, 2.24) is 10.1 Å². The molecule has 0 bridgehead atoms. The Kier molecular flexibility index (Phi) is 3.78. The summed E-state index contributed by atoms with van der Waals surface area (Å²) in [5.41, 5.74) is 3.21. The van der Waals surface area contributed by atoms with Gasteiger partial charge in [-0.2, -0.15) is 0 Å². The number of amides is 1.